The molecule has 28 heavy (non-hydrogen) atoms. The Balaban J connectivity index is 1.92. The Hall–Kier alpha value is -3.52. The van der Waals surface area contributed by atoms with Crippen molar-refractivity contribution in [2.75, 3.05) is 18.7 Å². The average molecular weight is 403 g/mol. The van der Waals surface area contributed by atoms with E-state index < -0.39 is 24.4 Å². The van der Waals surface area contributed by atoms with Gasteiger partial charge in [0, 0.05) is 0 Å². The zero-order valence-electron chi connectivity index (χ0n) is 14.6. The van der Waals surface area contributed by atoms with Crippen molar-refractivity contribution in [1.29, 1.82) is 0 Å². The highest BCUT2D eigenvalue weighted by atomic mass is 35.5. The van der Waals surface area contributed by atoms with Crippen LogP contribution < -0.4 is 19.9 Å². The van der Waals surface area contributed by atoms with Crippen LogP contribution >= 0.6 is 11.6 Å². The van der Waals surface area contributed by atoms with Gasteiger partial charge >= 0.3 is 5.97 Å². The molecule has 1 aliphatic rings. The van der Waals surface area contributed by atoms with Crippen LogP contribution in [0.5, 0.6) is 11.5 Å². The molecule has 1 aliphatic heterocycles. The van der Waals surface area contributed by atoms with Crippen molar-refractivity contribution in [1.82, 2.24) is 5.43 Å². The maximum atomic E-state index is 12.6. The molecule has 1 saturated heterocycles. The third-order valence-electron chi connectivity index (χ3n) is 3.81. The Kier molecular flexibility index (Phi) is 5.51. The zero-order valence-corrected chi connectivity index (χ0v) is 15.4. The first kappa shape index (κ1) is 19.2. The van der Waals surface area contributed by atoms with E-state index in [9.17, 15) is 14.4 Å². The van der Waals surface area contributed by atoms with Gasteiger partial charge in [0.15, 0.2) is 18.1 Å². The summed E-state index contributed by atoms with van der Waals surface area (Å²) in [5, 5.41) is 9.98. The maximum absolute atomic E-state index is 12.6. The number of carboxylic acids is 1. The standard InChI is InChI=1S/C19H15ClN2O6/c1-27-15-9-11(8-14(20)17(15)28-10-16(23)24)7-13-18(25)21-22(19(13)26)12-5-3-2-4-6-12/h2-9H,10H2,1H3,(H,21,25)(H,23,24). The van der Waals surface area contributed by atoms with Crippen molar-refractivity contribution in [3.05, 3.63) is 58.6 Å². The topological polar surface area (TPSA) is 105 Å². The summed E-state index contributed by atoms with van der Waals surface area (Å²) in [6, 6.07) is 11.6. The second kappa shape index (κ2) is 8.01. The fourth-order valence-corrected chi connectivity index (χ4v) is 2.85. The van der Waals surface area contributed by atoms with E-state index in [0.717, 1.165) is 5.01 Å². The smallest absolute Gasteiger partial charge is 0.341 e. The Morgan fingerprint density at radius 2 is 1.96 bits per heavy atom. The molecule has 0 aromatic heterocycles. The molecule has 0 radical (unpaired) electrons. The van der Waals surface area contributed by atoms with Crippen LogP contribution in [0.4, 0.5) is 5.69 Å². The van der Waals surface area contributed by atoms with Gasteiger partial charge in [-0.1, -0.05) is 29.8 Å². The normalized spacial score (nSPS) is 14.9. The largest absolute Gasteiger partial charge is 0.493 e. The van der Waals surface area contributed by atoms with E-state index in [0.29, 0.717) is 11.3 Å². The second-order valence-corrected chi connectivity index (χ2v) is 6.10. The van der Waals surface area contributed by atoms with Gasteiger partial charge in [0.05, 0.1) is 17.8 Å². The Morgan fingerprint density at radius 3 is 2.61 bits per heavy atom. The Labute approximate surface area is 164 Å². The molecule has 2 aromatic carbocycles. The maximum Gasteiger partial charge on any atom is 0.341 e. The molecule has 0 bridgehead atoms. The van der Waals surface area contributed by atoms with Gasteiger partial charge in [0.25, 0.3) is 11.8 Å². The minimum atomic E-state index is -1.17. The highest BCUT2D eigenvalue weighted by Gasteiger charge is 2.34. The molecule has 2 N–H and O–H groups in total. The number of carbonyl (C=O) groups excluding carboxylic acids is 2. The summed E-state index contributed by atoms with van der Waals surface area (Å²) in [6.07, 6.45) is 1.37. The predicted octanol–water partition coefficient (Wildman–Crippen LogP) is 2.27. The lowest BCUT2D eigenvalue weighted by atomic mass is 10.1. The monoisotopic (exact) mass is 402 g/mol. The number of carboxylic acid groups (broad SMARTS) is 1. The van der Waals surface area contributed by atoms with Crippen molar-refractivity contribution in [2.24, 2.45) is 0 Å². The first-order valence-electron chi connectivity index (χ1n) is 8.05. The fourth-order valence-electron chi connectivity index (χ4n) is 2.58. The van der Waals surface area contributed by atoms with Gasteiger partial charge in [-0.25, -0.2) is 9.80 Å². The number of amides is 2. The number of hydrazine groups is 1. The van der Waals surface area contributed by atoms with E-state index in [1.807, 2.05) is 0 Å². The first-order chi connectivity index (χ1) is 13.4. The first-order valence-corrected chi connectivity index (χ1v) is 8.43. The van der Waals surface area contributed by atoms with Crippen LogP contribution in [-0.4, -0.2) is 36.6 Å². The van der Waals surface area contributed by atoms with Gasteiger partial charge in [-0.05, 0) is 35.9 Å². The molecule has 0 aliphatic carbocycles. The summed E-state index contributed by atoms with van der Waals surface area (Å²) in [4.78, 5) is 35.6. The number of anilines is 1. The van der Waals surface area contributed by atoms with Gasteiger partial charge in [-0.15, -0.1) is 0 Å². The van der Waals surface area contributed by atoms with E-state index in [1.54, 1.807) is 30.3 Å². The van der Waals surface area contributed by atoms with Crippen molar-refractivity contribution in [3.8, 4) is 11.5 Å². The van der Waals surface area contributed by atoms with E-state index >= 15 is 0 Å². The van der Waals surface area contributed by atoms with Crippen molar-refractivity contribution < 1.29 is 29.0 Å². The van der Waals surface area contributed by atoms with E-state index in [2.05, 4.69) is 5.43 Å². The summed E-state index contributed by atoms with van der Waals surface area (Å²) in [5.74, 6) is -2.01. The van der Waals surface area contributed by atoms with Gasteiger partial charge in [-0.3, -0.25) is 15.0 Å². The number of nitrogens with zero attached hydrogens (tertiary/aromatic N) is 1. The lowest BCUT2D eigenvalue weighted by molar-refractivity contribution is -0.139. The molecule has 0 saturated carbocycles. The molecule has 3 rings (SSSR count). The van der Waals surface area contributed by atoms with Gasteiger partial charge in [0.2, 0.25) is 0 Å². The third kappa shape index (κ3) is 3.91. The van der Waals surface area contributed by atoms with E-state index in [4.69, 9.17) is 26.2 Å². The predicted molar refractivity (Wildman–Crippen MR) is 101 cm³/mol. The summed E-state index contributed by atoms with van der Waals surface area (Å²) >= 11 is 6.16. The molecular weight excluding hydrogens is 388 g/mol. The number of benzene rings is 2. The van der Waals surface area contributed by atoms with Gasteiger partial charge < -0.3 is 14.6 Å². The fraction of sp³-hybridized carbons (Fsp3) is 0.105. The van der Waals surface area contributed by atoms with Crippen LogP contribution in [-0.2, 0) is 14.4 Å². The van der Waals surface area contributed by atoms with Crippen LogP contribution in [0.3, 0.4) is 0 Å². The number of para-hydroxylation sites is 1. The number of aliphatic carboxylic acids is 1. The van der Waals surface area contributed by atoms with Crippen LogP contribution in [0.1, 0.15) is 5.56 Å². The highest BCUT2D eigenvalue weighted by molar-refractivity contribution is 6.33. The number of hydrogen-bond donors (Lipinski definition) is 2. The van der Waals surface area contributed by atoms with Crippen molar-refractivity contribution in [2.45, 2.75) is 0 Å². The summed E-state index contributed by atoms with van der Waals surface area (Å²) in [5.41, 5.74) is 3.36. The SMILES string of the molecule is COc1cc(C=C2C(=O)NN(c3ccccc3)C2=O)cc(Cl)c1OCC(=O)O. The highest BCUT2D eigenvalue weighted by Crippen LogP contribution is 2.37. The number of carbonyl (C=O) groups is 3. The lowest BCUT2D eigenvalue weighted by Gasteiger charge is -2.14. The quantitative estimate of drug-likeness (QED) is 0.567. The number of ether oxygens (including phenoxy) is 2. The molecule has 1 heterocycles. The molecule has 1 fully saturated rings. The van der Waals surface area contributed by atoms with Crippen molar-refractivity contribution in [3.63, 3.8) is 0 Å². The van der Waals surface area contributed by atoms with E-state index in [1.165, 1.54) is 25.3 Å². The molecule has 0 unspecified atom stereocenters. The molecule has 2 amide bonds. The number of halogens is 1. The summed E-state index contributed by atoms with van der Waals surface area (Å²) < 4.78 is 10.3. The van der Waals surface area contributed by atoms with Gasteiger partial charge in [0.1, 0.15) is 5.57 Å². The molecular formula is C19H15ClN2O6. The molecule has 9 heteroatoms. The number of hydrogen-bond acceptors (Lipinski definition) is 5. The molecule has 8 nitrogen and oxygen atoms in total. The third-order valence-corrected chi connectivity index (χ3v) is 4.09. The minimum absolute atomic E-state index is 0.0572. The van der Waals surface area contributed by atoms with Crippen LogP contribution in [0.25, 0.3) is 6.08 Å². The average Bonchev–Trinajstić information content (AvgIpc) is 2.95. The molecule has 0 atom stereocenters. The molecule has 2 aromatic rings. The Bertz CT molecular complexity index is 974. The number of nitrogens with one attached hydrogen (secondary N) is 1. The van der Waals surface area contributed by atoms with E-state index in [-0.39, 0.29) is 22.1 Å². The molecule has 0 spiro atoms. The second-order valence-electron chi connectivity index (χ2n) is 5.69. The summed E-state index contributed by atoms with van der Waals surface area (Å²) in [7, 11) is 1.36. The van der Waals surface area contributed by atoms with Crippen molar-refractivity contribution >= 4 is 41.1 Å². The molecule has 144 valence electrons. The number of methoxy groups -OCH3 is 1. The Morgan fingerprint density at radius 1 is 1.25 bits per heavy atom. The minimum Gasteiger partial charge on any atom is -0.493 e. The zero-order chi connectivity index (χ0) is 20.3. The van der Waals surface area contributed by atoms with Crippen LogP contribution in [0, 0.1) is 0 Å². The lowest BCUT2D eigenvalue weighted by Crippen LogP contribution is -2.35. The van der Waals surface area contributed by atoms with Gasteiger partial charge in [-0.2, -0.15) is 0 Å². The number of rotatable bonds is 6. The summed E-state index contributed by atoms with van der Waals surface area (Å²) in [6.45, 7) is -0.594. The van der Waals surface area contributed by atoms with Crippen LogP contribution in [0.15, 0.2) is 48.0 Å². The van der Waals surface area contributed by atoms with Crippen LogP contribution in [0.2, 0.25) is 5.02 Å².